The summed E-state index contributed by atoms with van der Waals surface area (Å²) in [5.41, 5.74) is 10.8. The number of primary amides is 1. The van der Waals surface area contributed by atoms with Crippen molar-refractivity contribution in [1.82, 2.24) is 4.98 Å². The Morgan fingerprint density at radius 1 is 1.44 bits per heavy atom. The number of carbonyl (C=O) groups is 1. The van der Waals surface area contributed by atoms with Crippen molar-refractivity contribution in [2.45, 2.75) is 5.03 Å². The van der Waals surface area contributed by atoms with Crippen molar-refractivity contribution in [3.63, 3.8) is 0 Å². The molecule has 0 aliphatic rings. The molecule has 1 aromatic heterocycles. The maximum absolute atomic E-state index is 10.6. The molecule has 0 fully saturated rings. The Hall–Kier alpha value is -2.25. The highest BCUT2D eigenvalue weighted by Crippen LogP contribution is 2.23. The molecule has 80 valence electrons. The van der Waals surface area contributed by atoms with Gasteiger partial charge in [-0.3, -0.25) is 4.79 Å². The molecular formula is C9H7N5OS. The number of anilines is 1. The highest BCUT2D eigenvalue weighted by atomic mass is 32.2. The average Bonchev–Trinajstić information content (AvgIpc) is 2.26. The van der Waals surface area contributed by atoms with Crippen molar-refractivity contribution < 1.29 is 4.79 Å². The van der Waals surface area contributed by atoms with Crippen molar-refractivity contribution in [3.8, 4) is 12.1 Å². The smallest absolute Gasteiger partial charge is 0.227 e. The molecule has 0 spiro atoms. The van der Waals surface area contributed by atoms with Crippen LogP contribution in [-0.2, 0) is 4.79 Å². The van der Waals surface area contributed by atoms with E-state index in [4.69, 9.17) is 22.0 Å². The molecule has 0 aromatic carbocycles. The van der Waals surface area contributed by atoms with Crippen LogP contribution in [0.2, 0.25) is 0 Å². The van der Waals surface area contributed by atoms with Gasteiger partial charge in [-0.1, -0.05) is 11.8 Å². The summed E-state index contributed by atoms with van der Waals surface area (Å²) in [6, 6.07) is 5.04. The van der Waals surface area contributed by atoms with Crippen LogP contribution in [0.3, 0.4) is 0 Å². The zero-order chi connectivity index (χ0) is 12.1. The molecule has 0 unspecified atom stereocenters. The first-order chi connectivity index (χ1) is 7.58. The summed E-state index contributed by atoms with van der Waals surface area (Å²) < 4.78 is 0. The third-order valence-electron chi connectivity index (χ3n) is 1.61. The monoisotopic (exact) mass is 233 g/mol. The van der Waals surface area contributed by atoms with Gasteiger partial charge in [0.05, 0.1) is 16.9 Å². The van der Waals surface area contributed by atoms with Crippen molar-refractivity contribution in [2.75, 3.05) is 11.5 Å². The number of nitrogen functional groups attached to an aromatic ring is 1. The number of hydrogen-bond donors (Lipinski definition) is 2. The molecule has 0 radical (unpaired) electrons. The van der Waals surface area contributed by atoms with E-state index in [9.17, 15) is 4.79 Å². The summed E-state index contributed by atoms with van der Waals surface area (Å²) in [6.07, 6.45) is 0. The Morgan fingerprint density at radius 2 is 2.06 bits per heavy atom. The van der Waals surface area contributed by atoms with Crippen LogP contribution in [0.15, 0.2) is 11.1 Å². The van der Waals surface area contributed by atoms with E-state index in [1.54, 1.807) is 0 Å². The summed E-state index contributed by atoms with van der Waals surface area (Å²) in [5.74, 6) is -0.473. The Bertz CT molecular complexity index is 514. The molecule has 6 nitrogen and oxygen atoms in total. The minimum absolute atomic E-state index is 0.00696. The second kappa shape index (κ2) is 5.01. The number of hydrogen-bond acceptors (Lipinski definition) is 6. The van der Waals surface area contributed by atoms with E-state index >= 15 is 0 Å². The summed E-state index contributed by atoms with van der Waals surface area (Å²) >= 11 is 1.02. The molecular weight excluding hydrogens is 226 g/mol. The zero-order valence-corrected chi connectivity index (χ0v) is 8.91. The van der Waals surface area contributed by atoms with Crippen molar-refractivity contribution in [3.05, 3.63) is 17.2 Å². The Balaban J connectivity index is 3.11. The number of rotatable bonds is 3. The van der Waals surface area contributed by atoms with Crippen molar-refractivity contribution >= 4 is 23.5 Å². The van der Waals surface area contributed by atoms with Gasteiger partial charge in [0, 0.05) is 0 Å². The Morgan fingerprint density at radius 3 is 2.56 bits per heavy atom. The van der Waals surface area contributed by atoms with Gasteiger partial charge >= 0.3 is 0 Å². The Kier molecular flexibility index (Phi) is 3.70. The standard InChI is InChI=1S/C9H7N5OS/c10-2-5-1-6(3-11)9(14-8(5)13)16-4-7(12)15/h1H,4H2,(H2,12,15)(H2,13,14). The molecule has 0 saturated heterocycles. The highest BCUT2D eigenvalue weighted by molar-refractivity contribution is 8.00. The molecule has 0 saturated carbocycles. The SMILES string of the molecule is N#Cc1cc(C#N)c(SCC(N)=O)nc1N. The fraction of sp³-hybridized carbons (Fsp3) is 0.111. The maximum Gasteiger partial charge on any atom is 0.227 e. The largest absolute Gasteiger partial charge is 0.383 e. The fourth-order valence-corrected chi connectivity index (χ4v) is 1.63. The van der Waals surface area contributed by atoms with Crippen molar-refractivity contribution in [1.29, 1.82) is 10.5 Å². The number of carbonyl (C=O) groups excluding carboxylic acids is 1. The average molecular weight is 233 g/mol. The van der Waals surface area contributed by atoms with Crippen LogP contribution < -0.4 is 11.5 Å². The lowest BCUT2D eigenvalue weighted by Gasteiger charge is -2.03. The number of amides is 1. The molecule has 1 rings (SSSR count). The van der Waals surface area contributed by atoms with E-state index in [-0.39, 0.29) is 22.7 Å². The second-order valence-corrected chi connectivity index (χ2v) is 3.72. The normalized spacial score (nSPS) is 9.12. The van der Waals surface area contributed by atoms with Gasteiger partial charge in [-0.15, -0.1) is 0 Å². The van der Waals surface area contributed by atoms with Crippen LogP contribution in [0.5, 0.6) is 0 Å². The topological polar surface area (TPSA) is 130 Å². The number of nitriles is 2. The van der Waals surface area contributed by atoms with Crippen LogP contribution in [0.1, 0.15) is 11.1 Å². The molecule has 1 aromatic rings. The van der Waals surface area contributed by atoms with Gasteiger partial charge in [0.1, 0.15) is 23.0 Å². The van der Waals surface area contributed by atoms with E-state index in [1.807, 2.05) is 12.1 Å². The lowest BCUT2D eigenvalue weighted by Crippen LogP contribution is -2.13. The third-order valence-corrected chi connectivity index (χ3v) is 2.62. The summed E-state index contributed by atoms with van der Waals surface area (Å²) in [4.78, 5) is 14.5. The van der Waals surface area contributed by atoms with Gasteiger partial charge < -0.3 is 11.5 Å². The quantitative estimate of drug-likeness (QED) is 0.706. The summed E-state index contributed by atoms with van der Waals surface area (Å²) in [6.45, 7) is 0. The predicted octanol–water partition coefficient (Wildman–Crippen LogP) is -0.0154. The molecule has 0 aliphatic carbocycles. The van der Waals surface area contributed by atoms with Gasteiger partial charge in [-0.25, -0.2) is 4.98 Å². The van der Waals surface area contributed by atoms with E-state index in [1.165, 1.54) is 6.07 Å². The number of thioether (sulfide) groups is 1. The first kappa shape index (κ1) is 11.8. The molecule has 1 heterocycles. The van der Waals surface area contributed by atoms with E-state index < -0.39 is 5.91 Å². The van der Waals surface area contributed by atoms with Crippen LogP contribution in [0, 0.1) is 22.7 Å². The maximum atomic E-state index is 10.6. The molecule has 1 amide bonds. The van der Waals surface area contributed by atoms with Gasteiger partial charge in [-0.2, -0.15) is 10.5 Å². The van der Waals surface area contributed by atoms with E-state index in [0.29, 0.717) is 5.03 Å². The van der Waals surface area contributed by atoms with E-state index in [2.05, 4.69) is 4.98 Å². The van der Waals surface area contributed by atoms with Crippen LogP contribution in [0.25, 0.3) is 0 Å². The van der Waals surface area contributed by atoms with Crippen LogP contribution in [0.4, 0.5) is 5.82 Å². The number of nitrogens with zero attached hydrogens (tertiary/aromatic N) is 3. The zero-order valence-electron chi connectivity index (χ0n) is 8.10. The van der Waals surface area contributed by atoms with E-state index in [0.717, 1.165) is 11.8 Å². The van der Waals surface area contributed by atoms with Crippen LogP contribution in [-0.4, -0.2) is 16.6 Å². The molecule has 0 atom stereocenters. The van der Waals surface area contributed by atoms with Gasteiger partial charge in [-0.05, 0) is 6.07 Å². The van der Waals surface area contributed by atoms with Gasteiger partial charge in [0.25, 0.3) is 0 Å². The minimum atomic E-state index is -0.515. The first-order valence-electron chi connectivity index (χ1n) is 4.10. The summed E-state index contributed by atoms with van der Waals surface area (Å²) in [5, 5.41) is 17.8. The minimum Gasteiger partial charge on any atom is -0.383 e. The number of pyridine rings is 1. The highest BCUT2D eigenvalue weighted by Gasteiger charge is 2.10. The lowest BCUT2D eigenvalue weighted by atomic mass is 10.2. The second-order valence-electron chi connectivity index (χ2n) is 2.75. The molecule has 7 heteroatoms. The van der Waals surface area contributed by atoms with Crippen molar-refractivity contribution in [2.24, 2.45) is 5.73 Å². The molecule has 0 aliphatic heterocycles. The predicted molar refractivity (Wildman–Crippen MR) is 58.0 cm³/mol. The molecule has 4 N–H and O–H groups in total. The van der Waals surface area contributed by atoms with Gasteiger partial charge in [0.15, 0.2) is 0 Å². The first-order valence-corrected chi connectivity index (χ1v) is 5.09. The van der Waals surface area contributed by atoms with Gasteiger partial charge in [0.2, 0.25) is 5.91 Å². The van der Waals surface area contributed by atoms with Crippen LogP contribution >= 0.6 is 11.8 Å². The number of aromatic nitrogens is 1. The fourth-order valence-electron chi connectivity index (χ4n) is 0.929. The molecule has 0 bridgehead atoms. The number of nitrogens with two attached hydrogens (primary N) is 2. The Labute approximate surface area is 95.9 Å². The third kappa shape index (κ3) is 2.62. The summed E-state index contributed by atoms with van der Waals surface area (Å²) in [7, 11) is 0. The lowest BCUT2D eigenvalue weighted by molar-refractivity contribution is -0.115. The molecule has 16 heavy (non-hydrogen) atoms.